The third-order valence-electron chi connectivity index (χ3n) is 6.38. The second kappa shape index (κ2) is 15.3. The maximum absolute atomic E-state index is 13.4. The van der Waals surface area contributed by atoms with Crippen molar-refractivity contribution in [3.05, 3.63) is 114 Å². The molecule has 10 heteroatoms. The molecule has 0 fully saturated rings. The lowest BCUT2D eigenvalue weighted by molar-refractivity contribution is -0.115. The van der Waals surface area contributed by atoms with Crippen molar-refractivity contribution in [3.8, 4) is 17.2 Å². The molecular weight excluding hydrogens is 578 g/mol. The third-order valence-corrected chi connectivity index (χ3v) is 7.49. The van der Waals surface area contributed by atoms with E-state index in [1.54, 1.807) is 93.9 Å². The lowest BCUT2D eigenvalue weighted by Crippen LogP contribution is -2.30. The molecule has 0 bridgehead atoms. The molecule has 0 aliphatic rings. The zero-order valence-electron chi connectivity index (χ0n) is 24.8. The number of hydrogen-bond acceptors (Lipinski definition) is 7. The molecule has 0 aliphatic carbocycles. The minimum Gasteiger partial charge on any atom is -0.497 e. The summed E-state index contributed by atoms with van der Waals surface area (Å²) >= 11 is 1.37. The largest absolute Gasteiger partial charge is 0.497 e. The maximum atomic E-state index is 13.4. The van der Waals surface area contributed by atoms with Crippen LogP contribution in [0.25, 0.3) is 6.08 Å². The standard InChI is InChI=1S/C34H33N3O6S/c1-22(32(38)36-26-19-27(41-2)21-28(20-26)42-3)44-29-16-14-25(15-17-29)35-34(40)30(18-24-12-8-9-13-31(24)43-4)37-33(39)23-10-6-5-7-11-23/h5-22H,1-4H3,(H,35,40)(H,36,38)(H,37,39)/b30-18-. The first-order chi connectivity index (χ1) is 21.3. The Morgan fingerprint density at radius 1 is 0.727 bits per heavy atom. The fraction of sp³-hybridized carbons (Fsp3) is 0.147. The molecule has 4 rings (SSSR count). The van der Waals surface area contributed by atoms with Crippen LogP contribution in [0.1, 0.15) is 22.8 Å². The Bertz CT molecular complexity index is 1620. The van der Waals surface area contributed by atoms with Gasteiger partial charge in [0.15, 0.2) is 0 Å². The van der Waals surface area contributed by atoms with Gasteiger partial charge in [0.25, 0.3) is 11.8 Å². The molecule has 3 amide bonds. The minimum absolute atomic E-state index is 0.0428. The normalized spacial score (nSPS) is 11.6. The summed E-state index contributed by atoms with van der Waals surface area (Å²) in [6, 6.07) is 28.1. The van der Waals surface area contributed by atoms with E-state index < -0.39 is 17.1 Å². The number of amides is 3. The first-order valence-electron chi connectivity index (χ1n) is 13.6. The van der Waals surface area contributed by atoms with Gasteiger partial charge in [-0.2, -0.15) is 0 Å². The highest BCUT2D eigenvalue weighted by molar-refractivity contribution is 8.00. The van der Waals surface area contributed by atoms with E-state index in [1.807, 2.05) is 30.3 Å². The van der Waals surface area contributed by atoms with Crippen LogP contribution in [0, 0.1) is 0 Å². The molecule has 0 saturated heterocycles. The SMILES string of the molecule is COc1cc(NC(=O)C(C)Sc2ccc(NC(=O)/C(=C/c3ccccc3OC)NC(=O)c3ccccc3)cc2)cc(OC)c1. The highest BCUT2D eigenvalue weighted by Crippen LogP contribution is 2.29. The average molecular weight is 612 g/mol. The van der Waals surface area contributed by atoms with Gasteiger partial charge in [-0.25, -0.2) is 0 Å². The lowest BCUT2D eigenvalue weighted by atomic mass is 10.1. The predicted octanol–water partition coefficient (Wildman–Crippen LogP) is 6.24. The maximum Gasteiger partial charge on any atom is 0.272 e. The summed E-state index contributed by atoms with van der Waals surface area (Å²) in [4.78, 5) is 40.0. The van der Waals surface area contributed by atoms with E-state index >= 15 is 0 Å². The molecule has 1 atom stereocenters. The van der Waals surface area contributed by atoms with E-state index in [4.69, 9.17) is 14.2 Å². The number of para-hydroxylation sites is 1. The average Bonchev–Trinajstić information content (AvgIpc) is 3.05. The first-order valence-corrected chi connectivity index (χ1v) is 14.5. The smallest absolute Gasteiger partial charge is 0.272 e. The first kappa shape index (κ1) is 31.7. The Morgan fingerprint density at radius 3 is 2.00 bits per heavy atom. The summed E-state index contributed by atoms with van der Waals surface area (Å²) in [6.45, 7) is 1.80. The van der Waals surface area contributed by atoms with E-state index in [1.165, 1.54) is 18.9 Å². The van der Waals surface area contributed by atoms with E-state index in [9.17, 15) is 14.4 Å². The van der Waals surface area contributed by atoms with Gasteiger partial charge in [0.05, 0.1) is 26.6 Å². The highest BCUT2D eigenvalue weighted by Gasteiger charge is 2.18. The number of hydrogen-bond donors (Lipinski definition) is 3. The molecule has 44 heavy (non-hydrogen) atoms. The number of nitrogens with one attached hydrogen (secondary N) is 3. The molecule has 0 aliphatic heterocycles. The van der Waals surface area contributed by atoms with Crippen LogP contribution in [-0.2, 0) is 9.59 Å². The Hall–Kier alpha value is -5.22. The number of benzene rings is 4. The summed E-state index contributed by atoms with van der Waals surface area (Å²) < 4.78 is 16.0. The molecule has 226 valence electrons. The summed E-state index contributed by atoms with van der Waals surface area (Å²) in [7, 11) is 4.63. The van der Waals surface area contributed by atoms with Crippen molar-refractivity contribution in [2.24, 2.45) is 0 Å². The van der Waals surface area contributed by atoms with Crippen LogP contribution in [0.5, 0.6) is 17.2 Å². The van der Waals surface area contributed by atoms with Gasteiger partial charge < -0.3 is 30.2 Å². The van der Waals surface area contributed by atoms with Crippen molar-refractivity contribution < 1.29 is 28.6 Å². The Balaban J connectivity index is 1.44. The van der Waals surface area contributed by atoms with Gasteiger partial charge >= 0.3 is 0 Å². The summed E-state index contributed by atoms with van der Waals surface area (Å²) in [6.07, 6.45) is 1.57. The molecule has 0 heterocycles. The van der Waals surface area contributed by atoms with Crippen molar-refractivity contribution >= 4 is 46.9 Å². The summed E-state index contributed by atoms with van der Waals surface area (Å²) in [5.41, 5.74) is 2.16. The second-order valence-electron chi connectivity index (χ2n) is 9.45. The number of carbonyl (C=O) groups excluding carboxylic acids is 3. The minimum atomic E-state index is -0.512. The van der Waals surface area contributed by atoms with Crippen molar-refractivity contribution in [1.29, 1.82) is 0 Å². The lowest BCUT2D eigenvalue weighted by Gasteiger charge is -2.15. The van der Waals surface area contributed by atoms with Gasteiger partial charge in [0.1, 0.15) is 22.9 Å². The van der Waals surface area contributed by atoms with Gasteiger partial charge in [-0.1, -0.05) is 36.4 Å². The quantitative estimate of drug-likeness (QED) is 0.128. The molecule has 9 nitrogen and oxygen atoms in total. The second-order valence-corrected chi connectivity index (χ2v) is 10.9. The zero-order valence-corrected chi connectivity index (χ0v) is 25.6. The highest BCUT2D eigenvalue weighted by atomic mass is 32.2. The molecule has 3 N–H and O–H groups in total. The number of rotatable bonds is 12. The van der Waals surface area contributed by atoms with Crippen LogP contribution in [0.3, 0.4) is 0 Å². The van der Waals surface area contributed by atoms with Crippen molar-refractivity contribution in [1.82, 2.24) is 5.32 Å². The summed E-state index contributed by atoms with van der Waals surface area (Å²) in [5, 5.41) is 8.04. The van der Waals surface area contributed by atoms with Crippen LogP contribution < -0.4 is 30.2 Å². The van der Waals surface area contributed by atoms with Crippen LogP contribution in [0.2, 0.25) is 0 Å². The number of ether oxygens (including phenoxy) is 3. The van der Waals surface area contributed by atoms with Gasteiger partial charge in [-0.3, -0.25) is 14.4 Å². The molecule has 4 aromatic rings. The van der Waals surface area contributed by atoms with Gasteiger partial charge in [-0.05, 0) is 55.5 Å². The van der Waals surface area contributed by atoms with Gasteiger partial charge in [0, 0.05) is 45.6 Å². The Labute approximate surface area is 260 Å². The van der Waals surface area contributed by atoms with Crippen molar-refractivity contribution in [2.45, 2.75) is 17.1 Å². The van der Waals surface area contributed by atoms with Crippen molar-refractivity contribution in [2.75, 3.05) is 32.0 Å². The topological polar surface area (TPSA) is 115 Å². The fourth-order valence-electron chi connectivity index (χ4n) is 4.08. The molecule has 0 spiro atoms. The molecule has 1 unspecified atom stereocenters. The van der Waals surface area contributed by atoms with Crippen LogP contribution in [0.15, 0.2) is 108 Å². The number of methoxy groups -OCH3 is 3. The molecule has 0 saturated carbocycles. The van der Waals surface area contributed by atoms with E-state index in [2.05, 4.69) is 16.0 Å². The van der Waals surface area contributed by atoms with Gasteiger partial charge in [0.2, 0.25) is 5.91 Å². The molecule has 0 aromatic heterocycles. The number of thioether (sulfide) groups is 1. The molecule has 0 radical (unpaired) electrons. The third kappa shape index (κ3) is 8.65. The predicted molar refractivity (Wildman–Crippen MR) is 173 cm³/mol. The van der Waals surface area contributed by atoms with E-state index in [0.29, 0.717) is 39.8 Å². The number of anilines is 2. The van der Waals surface area contributed by atoms with Crippen LogP contribution in [-0.4, -0.2) is 44.3 Å². The molecule has 4 aromatic carbocycles. The van der Waals surface area contributed by atoms with Gasteiger partial charge in [-0.15, -0.1) is 11.8 Å². The monoisotopic (exact) mass is 611 g/mol. The Kier molecular flexibility index (Phi) is 11.0. The molecular formula is C34H33N3O6S. The van der Waals surface area contributed by atoms with E-state index in [-0.39, 0.29) is 11.6 Å². The fourth-order valence-corrected chi connectivity index (χ4v) is 4.95. The zero-order chi connectivity index (χ0) is 31.5. The summed E-state index contributed by atoms with van der Waals surface area (Å²) in [5.74, 6) is 0.561. The van der Waals surface area contributed by atoms with Crippen LogP contribution >= 0.6 is 11.8 Å². The van der Waals surface area contributed by atoms with E-state index in [0.717, 1.165) is 4.90 Å². The van der Waals surface area contributed by atoms with Crippen molar-refractivity contribution in [3.63, 3.8) is 0 Å². The Morgan fingerprint density at radius 2 is 1.36 bits per heavy atom. The van der Waals surface area contributed by atoms with Crippen LogP contribution in [0.4, 0.5) is 11.4 Å². The number of carbonyl (C=O) groups is 3.